The predicted octanol–water partition coefficient (Wildman–Crippen LogP) is -3.37. The molecule has 5 nitrogen and oxygen atoms in total. The predicted molar refractivity (Wildman–Crippen MR) is 43.5 cm³/mol. The molecule has 0 saturated heterocycles. The summed E-state index contributed by atoms with van der Waals surface area (Å²) in [5.74, 6) is -1.05. The number of phenols is 2. The van der Waals surface area contributed by atoms with Gasteiger partial charge in [-0.2, -0.15) is 0 Å². The van der Waals surface area contributed by atoms with E-state index in [9.17, 15) is 13.0 Å². The molecular weight excluding hydrogens is 262 g/mol. The molecule has 1 aromatic carbocycles. The summed E-state index contributed by atoms with van der Waals surface area (Å²) >= 11 is 0. The third kappa shape index (κ3) is 5.37. The number of hydrogen-bond donors (Lipinski definition) is 2. The van der Waals surface area contributed by atoms with Crippen molar-refractivity contribution >= 4 is 61.5 Å². The zero-order valence-electron chi connectivity index (χ0n) is 7.76. The van der Waals surface area contributed by atoms with Gasteiger partial charge in [0.2, 0.25) is 0 Å². The number of benzene rings is 1. The van der Waals surface area contributed by atoms with Crippen molar-refractivity contribution in [2.24, 2.45) is 0 Å². The summed E-state index contributed by atoms with van der Waals surface area (Å²) in [6.45, 7) is 0. The van der Waals surface area contributed by atoms with Crippen LogP contribution in [0.2, 0.25) is 0 Å². The van der Waals surface area contributed by atoms with E-state index in [2.05, 4.69) is 0 Å². The minimum Gasteiger partial charge on any atom is -0.744 e. The molecule has 0 atom stereocenters. The van der Waals surface area contributed by atoms with Crippen LogP contribution >= 0.6 is 0 Å². The molecule has 8 heteroatoms. The van der Waals surface area contributed by atoms with Crippen molar-refractivity contribution in [3.63, 3.8) is 0 Å². The Morgan fingerprint density at radius 1 is 1.21 bits per heavy atom. The van der Waals surface area contributed by atoms with Crippen LogP contribution in [0.25, 0.3) is 0 Å². The van der Waals surface area contributed by atoms with Crippen LogP contribution < -0.4 is 51.4 Å². The fraction of sp³-hybridized carbons (Fsp3) is 0. The third-order valence-electron chi connectivity index (χ3n) is 1.21. The second kappa shape index (κ2) is 7.35. The summed E-state index contributed by atoms with van der Waals surface area (Å²) in [6, 6.07) is 2.70. The molecule has 0 aromatic heterocycles. The van der Waals surface area contributed by atoms with Crippen molar-refractivity contribution in [1.29, 1.82) is 0 Å². The summed E-state index contributed by atoms with van der Waals surface area (Å²) in [5.41, 5.74) is 0. The van der Waals surface area contributed by atoms with Crippen LogP contribution in [-0.2, 0) is 10.1 Å². The van der Waals surface area contributed by atoms with Crippen molar-refractivity contribution in [3.8, 4) is 11.5 Å². The van der Waals surface area contributed by atoms with Crippen LogP contribution in [0.3, 0.4) is 0 Å². The zero-order valence-corrected chi connectivity index (χ0v) is 14.8. The summed E-state index contributed by atoms with van der Waals surface area (Å²) in [7, 11) is -4.72. The molecule has 0 fully saturated rings. The molecule has 1 rings (SSSR count). The van der Waals surface area contributed by atoms with Gasteiger partial charge in [0.15, 0.2) is 0 Å². The Kier molecular flexibility index (Phi) is 9.65. The average Bonchev–Trinajstić information content (AvgIpc) is 1.92. The van der Waals surface area contributed by atoms with E-state index in [1.54, 1.807) is 0 Å². The molecule has 0 aliphatic rings. The maximum absolute atomic E-state index is 10.4. The van der Waals surface area contributed by atoms with Gasteiger partial charge in [0, 0.05) is 57.5 Å². The number of aromatic hydroxyl groups is 2. The van der Waals surface area contributed by atoms with Gasteiger partial charge in [-0.15, -0.1) is 0 Å². The first-order valence-electron chi connectivity index (χ1n) is 2.89. The van der Waals surface area contributed by atoms with Gasteiger partial charge in [-0.3, -0.25) is 0 Å². The zero-order chi connectivity index (χ0) is 9.35. The van der Waals surface area contributed by atoms with Gasteiger partial charge >= 0.3 is 51.4 Å². The van der Waals surface area contributed by atoms with E-state index in [1.807, 2.05) is 0 Å². The van der Waals surface area contributed by atoms with E-state index in [4.69, 9.17) is 10.2 Å². The van der Waals surface area contributed by atoms with Gasteiger partial charge < -0.3 is 14.8 Å². The number of rotatable bonds is 1. The monoisotopic (exact) mass is 267 g/mol. The molecule has 0 unspecified atom stereocenters. The van der Waals surface area contributed by atoms with Crippen LogP contribution in [0.15, 0.2) is 23.1 Å². The molecule has 0 aliphatic heterocycles. The third-order valence-corrected chi connectivity index (χ3v) is 2.08. The van der Waals surface area contributed by atoms with Gasteiger partial charge in [-0.25, -0.2) is 8.42 Å². The maximum Gasteiger partial charge on any atom is 1.00 e. The van der Waals surface area contributed by atoms with Crippen LogP contribution in [0.4, 0.5) is 0 Å². The molecule has 1 radical (unpaired) electrons. The summed E-state index contributed by atoms with van der Waals surface area (Å²) in [5, 5.41) is 17.7. The fourth-order valence-corrected chi connectivity index (χ4v) is 1.29. The smallest absolute Gasteiger partial charge is 0.744 e. The summed E-state index contributed by atoms with van der Waals surface area (Å²) in [6.07, 6.45) is 0. The minimum atomic E-state index is -4.72. The van der Waals surface area contributed by atoms with E-state index in [0.29, 0.717) is 6.07 Å². The van der Waals surface area contributed by atoms with Gasteiger partial charge in [0.1, 0.15) is 21.6 Å². The van der Waals surface area contributed by atoms with Crippen molar-refractivity contribution in [2.75, 3.05) is 0 Å². The molecule has 2 N–H and O–H groups in total. The fourth-order valence-electron chi connectivity index (χ4n) is 0.703. The molecule has 0 saturated carbocycles. The van der Waals surface area contributed by atoms with Crippen LogP contribution in [0, 0.1) is 0 Å². The maximum atomic E-state index is 10.4. The number of hydrogen-bond acceptors (Lipinski definition) is 5. The largest absolute Gasteiger partial charge is 1.00 e. The number of phenolic OH excluding ortho intramolecular Hbond substituents is 2. The topological polar surface area (TPSA) is 97.7 Å². The second-order valence-corrected chi connectivity index (χ2v) is 3.45. The van der Waals surface area contributed by atoms with E-state index in [0.717, 1.165) is 12.1 Å². The molecule has 0 heterocycles. The normalized spacial score (nSPS) is 9.79. The summed E-state index contributed by atoms with van der Waals surface area (Å²) in [4.78, 5) is -0.817. The van der Waals surface area contributed by atoms with Crippen molar-refractivity contribution in [1.82, 2.24) is 0 Å². The Labute approximate surface area is 166 Å². The SMILES string of the molecule is O=S(=O)([O-])c1cc(O)ccc1O.[K+].[K]. The molecule has 67 valence electrons. The average molecular weight is 267 g/mol. The standard InChI is InChI=1S/C6H6O5S.2K/c7-4-1-2-5(8)6(3-4)12(9,10)11;;/h1-3,7-8H,(H,9,10,11);;/q;;+1/p-1. The van der Waals surface area contributed by atoms with Gasteiger partial charge in [0.05, 0.1) is 4.90 Å². The first-order valence-corrected chi connectivity index (χ1v) is 4.30. The van der Waals surface area contributed by atoms with E-state index >= 15 is 0 Å². The molecule has 0 amide bonds. The summed E-state index contributed by atoms with van der Waals surface area (Å²) < 4.78 is 31.1. The molecule has 0 spiro atoms. The van der Waals surface area contributed by atoms with E-state index < -0.39 is 20.8 Å². The van der Waals surface area contributed by atoms with Gasteiger partial charge in [-0.1, -0.05) is 0 Å². The molecule has 1 aromatic rings. The van der Waals surface area contributed by atoms with Crippen LogP contribution in [0.1, 0.15) is 0 Å². The van der Waals surface area contributed by atoms with Crippen molar-refractivity contribution < 1.29 is 74.6 Å². The molecular formula is C6H5K2O5S. The first kappa shape index (κ1) is 18.4. The first-order chi connectivity index (χ1) is 5.41. The molecule has 0 aliphatic carbocycles. The van der Waals surface area contributed by atoms with E-state index in [1.165, 1.54) is 0 Å². The Hall–Kier alpha value is 2.00. The van der Waals surface area contributed by atoms with Crippen molar-refractivity contribution in [2.45, 2.75) is 4.90 Å². The molecule has 14 heavy (non-hydrogen) atoms. The van der Waals surface area contributed by atoms with E-state index in [-0.39, 0.29) is 109 Å². The Balaban J connectivity index is 0. The van der Waals surface area contributed by atoms with Crippen molar-refractivity contribution in [3.05, 3.63) is 18.2 Å². The Bertz CT molecular complexity index is 403. The van der Waals surface area contributed by atoms with Crippen LogP contribution in [0.5, 0.6) is 11.5 Å². The quantitative estimate of drug-likeness (QED) is 0.314. The Morgan fingerprint density at radius 3 is 2.07 bits per heavy atom. The molecule has 0 bridgehead atoms. The van der Waals surface area contributed by atoms with Crippen LogP contribution in [-0.4, -0.2) is 74.6 Å². The second-order valence-electron chi connectivity index (χ2n) is 2.11. The minimum absolute atomic E-state index is 0. The Morgan fingerprint density at radius 2 is 1.71 bits per heavy atom. The van der Waals surface area contributed by atoms with Gasteiger partial charge in [-0.05, 0) is 12.1 Å². The van der Waals surface area contributed by atoms with Gasteiger partial charge in [0.25, 0.3) is 0 Å².